The minimum atomic E-state index is -3.16. The lowest BCUT2D eigenvalue weighted by Crippen LogP contribution is -2.09. The highest BCUT2D eigenvalue weighted by Gasteiger charge is 2.19. The van der Waals surface area contributed by atoms with E-state index in [4.69, 9.17) is 5.26 Å². The summed E-state index contributed by atoms with van der Waals surface area (Å²) in [4.78, 5) is 11.2. The predicted molar refractivity (Wildman–Crippen MR) is 50.8 cm³/mol. The monoisotopic (exact) mass is 243 g/mol. The lowest BCUT2D eigenvalue weighted by atomic mass is 10.1. The highest BCUT2D eigenvalue weighted by atomic mass is 19.3. The van der Waals surface area contributed by atoms with E-state index in [1.165, 1.54) is 0 Å². The first-order valence-corrected chi connectivity index (χ1v) is 4.29. The van der Waals surface area contributed by atoms with E-state index in [9.17, 15) is 18.7 Å². The molecule has 1 rings (SSSR count). The van der Waals surface area contributed by atoms with Crippen molar-refractivity contribution < 1.29 is 28.2 Å². The van der Waals surface area contributed by atoms with Crippen molar-refractivity contribution in [2.24, 2.45) is 0 Å². The number of phenols is 1. The van der Waals surface area contributed by atoms with Gasteiger partial charge in [-0.25, -0.2) is 4.79 Å². The molecule has 1 aromatic carbocycles. The summed E-state index contributed by atoms with van der Waals surface area (Å²) in [6.45, 7) is -3.16. The van der Waals surface area contributed by atoms with Crippen molar-refractivity contribution in [2.45, 2.75) is 6.61 Å². The SMILES string of the molecule is COC(=O)c1cc(O)c(C#N)cc1OC(F)F. The standard InChI is InChI=1S/C10H7F2NO4/c1-16-9(15)6-3-7(14)5(4-13)2-8(6)17-10(11)12/h2-3,10,14H,1H3. The van der Waals surface area contributed by atoms with Gasteiger partial charge < -0.3 is 14.6 Å². The number of alkyl halides is 2. The third-order valence-corrected chi connectivity index (χ3v) is 1.84. The van der Waals surface area contributed by atoms with E-state index in [1.807, 2.05) is 0 Å². The van der Waals surface area contributed by atoms with E-state index in [0.717, 1.165) is 19.2 Å². The molecule has 90 valence electrons. The topological polar surface area (TPSA) is 79.5 Å². The third kappa shape index (κ3) is 2.81. The highest BCUT2D eigenvalue weighted by Crippen LogP contribution is 2.29. The van der Waals surface area contributed by atoms with Gasteiger partial charge >= 0.3 is 12.6 Å². The maximum Gasteiger partial charge on any atom is 0.387 e. The van der Waals surface area contributed by atoms with Gasteiger partial charge in [0.25, 0.3) is 0 Å². The van der Waals surface area contributed by atoms with Crippen LogP contribution >= 0.6 is 0 Å². The van der Waals surface area contributed by atoms with Crippen molar-refractivity contribution in [2.75, 3.05) is 7.11 Å². The summed E-state index contributed by atoms with van der Waals surface area (Å²) >= 11 is 0. The van der Waals surface area contributed by atoms with E-state index in [-0.39, 0.29) is 11.1 Å². The van der Waals surface area contributed by atoms with Crippen LogP contribution in [-0.4, -0.2) is 24.8 Å². The molecule has 0 aliphatic rings. The number of carbonyl (C=O) groups is 1. The van der Waals surface area contributed by atoms with Crippen LogP contribution in [-0.2, 0) is 4.74 Å². The molecule has 0 aliphatic carbocycles. The molecule has 0 saturated carbocycles. The van der Waals surface area contributed by atoms with Crippen molar-refractivity contribution in [1.82, 2.24) is 0 Å². The molecule has 0 spiro atoms. The number of ether oxygens (including phenoxy) is 2. The lowest BCUT2D eigenvalue weighted by molar-refractivity contribution is -0.0504. The second kappa shape index (κ2) is 5.12. The van der Waals surface area contributed by atoms with Gasteiger partial charge in [0.15, 0.2) is 0 Å². The van der Waals surface area contributed by atoms with Crippen LogP contribution in [0.25, 0.3) is 0 Å². The number of nitriles is 1. The van der Waals surface area contributed by atoms with Crippen molar-refractivity contribution in [3.63, 3.8) is 0 Å². The lowest BCUT2D eigenvalue weighted by Gasteiger charge is -2.10. The Hall–Kier alpha value is -2.36. The molecular formula is C10H7F2NO4. The molecule has 0 bridgehead atoms. The molecular weight excluding hydrogens is 236 g/mol. The van der Waals surface area contributed by atoms with Crippen LogP contribution in [0.15, 0.2) is 12.1 Å². The van der Waals surface area contributed by atoms with E-state index >= 15 is 0 Å². The Labute approximate surface area is 94.8 Å². The van der Waals surface area contributed by atoms with Gasteiger partial charge in [-0.3, -0.25) is 0 Å². The molecule has 0 heterocycles. The van der Waals surface area contributed by atoms with Crippen LogP contribution in [0.4, 0.5) is 8.78 Å². The Balaban J connectivity index is 3.31. The average Bonchev–Trinajstić information content (AvgIpc) is 2.29. The summed E-state index contributed by atoms with van der Waals surface area (Å²) in [6.07, 6.45) is 0. The number of nitrogens with zero attached hydrogens (tertiary/aromatic N) is 1. The number of benzene rings is 1. The van der Waals surface area contributed by atoms with Gasteiger partial charge in [0.05, 0.1) is 12.7 Å². The van der Waals surface area contributed by atoms with E-state index in [0.29, 0.717) is 0 Å². The second-order valence-electron chi connectivity index (χ2n) is 2.85. The van der Waals surface area contributed by atoms with Crippen molar-refractivity contribution >= 4 is 5.97 Å². The van der Waals surface area contributed by atoms with Crippen LogP contribution in [0.1, 0.15) is 15.9 Å². The predicted octanol–water partition coefficient (Wildman–Crippen LogP) is 1.65. The first-order valence-electron chi connectivity index (χ1n) is 4.29. The van der Waals surface area contributed by atoms with Crippen LogP contribution < -0.4 is 4.74 Å². The van der Waals surface area contributed by atoms with Crippen LogP contribution in [0.2, 0.25) is 0 Å². The number of methoxy groups -OCH3 is 1. The molecule has 0 unspecified atom stereocenters. The Morgan fingerprint density at radius 1 is 1.53 bits per heavy atom. The normalized spacial score (nSPS) is 9.82. The number of hydrogen-bond donors (Lipinski definition) is 1. The van der Waals surface area contributed by atoms with Crippen molar-refractivity contribution in [3.8, 4) is 17.6 Å². The zero-order chi connectivity index (χ0) is 13.0. The van der Waals surface area contributed by atoms with Gasteiger partial charge in [0.1, 0.15) is 23.1 Å². The van der Waals surface area contributed by atoms with Crippen molar-refractivity contribution in [3.05, 3.63) is 23.3 Å². The first-order chi connectivity index (χ1) is 7.99. The highest BCUT2D eigenvalue weighted by molar-refractivity contribution is 5.93. The summed E-state index contributed by atoms with van der Waals surface area (Å²) in [5, 5.41) is 17.9. The van der Waals surface area contributed by atoms with E-state index in [2.05, 4.69) is 9.47 Å². The van der Waals surface area contributed by atoms with Crippen LogP contribution in [0.5, 0.6) is 11.5 Å². The quantitative estimate of drug-likeness (QED) is 0.816. The average molecular weight is 243 g/mol. The van der Waals surface area contributed by atoms with Gasteiger partial charge in [-0.2, -0.15) is 14.0 Å². The largest absolute Gasteiger partial charge is 0.507 e. The fourth-order valence-electron chi connectivity index (χ4n) is 1.12. The number of carbonyl (C=O) groups excluding carboxylic acids is 1. The third-order valence-electron chi connectivity index (χ3n) is 1.84. The Kier molecular flexibility index (Phi) is 3.82. The number of halogens is 2. The van der Waals surface area contributed by atoms with Gasteiger partial charge in [-0.05, 0) is 6.07 Å². The summed E-state index contributed by atoms with van der Waals surface area (Å²) in [6, 6.07) is 3.24. The first kappa shape index (κ1) is 12.7. The molecule has 0 amide bonds. The number of esters is 1. The van der Waals surface area contributed by atoms with Gasteiger partial charge in [-0.15, -0.1) is 0 Å². The molecule has 1 N–H and O–H groups in total. The Bertz CT molecular complexity index is 482. The Morgan fingerprint density at radius 3 is 2.65 bits per heavy atom. The van der Waals surface area contributed by atoms with Crippen molar-refractivity contribution in [1.29, 1.82) is 5.26 Å². The molecule has 0 atom stereocenters. The maximum absolute atomic E-state index is 12.1. The number of rotatable bonds is 3. The van der Waals surface area contributed by atoms with E-state index < -0.39 is 24.1 Å². The van der Waals surface area contributed by atoms with Crippen LogP contribution in [0, 0.1) is 11.3 Å². The number of phenolic OH excluding ortho intramolecular Hbond substituents is 1. The fourth-order valence-corrected chi connectivity index (χ4v) is 1.12. The van der Waals surface area contributed by atoms with E-state index in [1.54, 1.807) is 6.07 Å². The molecule has 0 saturated heterocycles. The summed E-state index contributed by atoms with van der Waals surface area (Å²) in [5.74, 6) is -2.00. The Morgan fingerprint density at radius 2 is 2.18 bits per heavy atom. The van der Waals surface area contributed by atoms with Gasteiger partial charge in [-0.1, -0.05) is 0 Å². The smallest absolute Gasteiger partial charge is 0.387 e. The summed E-state index contributed by atoms with van der Waals surface area (Å²) in [5.41, 5.74) is -0.669. The fraction of sp³-hybridized carbons (Fsp3) is 0.200. The summed E-state index contributed by atoms with van der Waals surface area (Å²) < 4.78 is 32.6. The van der Waals surface area contributed by atoms with Crippen LogP contribution in [0.3, 0.4) is 0 Å². The molecule has 17 heavy (non-hydrogen) atoms. The molecule has 0 aromatic heterocycles. The molecule has 7 heteroatoms. The molecule has 0 fully saturated rings. The minimum absolute atomic E-state index is 0.284. The molecule has 0 radical (unpaired) electrons. The molecule has 1 aromatic rings. The number of aromatic hydroxyl groups is 1. The molecule has 0 aliphatic heterocycles. The second-order valence-corrected chi connectivity index (χ2v) is 2.85. The van der Waals surface area contributed by atoms with Gasteiger partial charge in [0, 0.05) is 6.07 Å². The minimum Gasteiger partial charge on any atom is -0.507 e. The molecule has 5 nitrogen and oxygen atoms in total. The maximum atomic E-state index is 12.1. The summed E-state index contributed by atoms with van der Waals surface area (Å²) in [7, 11) is 1.05. The number of hydrogen-bond acceptors (Lipinski definition) is 5. The van der Waals surface area contributed by atoms with Gasteiger partial charge in [0.2, 0.25) is 0 Å². The zero-order valence-electron chi connectivity index (χ0n) is 8.61. The zero-order valence-corrected chi connectivity index (χ0v) is 8.61.